The van der Waals surface area contributed by atoms with Crippen LogP contribution >= 0.6 is 0 Å². The fourth-order valence-corrected chi connectivity index (χ4v) is 5.52. The number of likely N-dealkylation sites (tertiary alicyclic amines) is 1. The van der Waals surface area contributed by atoms with Gasteiger partial charge in [0.15, 0.2) is 5.69 Å². The monoisotopic (exact) mass is 665 g/mol. The number of amides is 2. The van der Waals surface area contributed by atoms with Gasteiger partial charge in [-0.3, -0.25) is 4.57 Å². The van der Waals surface area contributed by atoms with Crippen molar-refractivity contribution in [2.24, 2.45) is 0 Å². The number of hydrogen-bond acceptors (Lipinski definition) is 5. The molecule has 252 valence electrons. The number of benzene rings is 2. The lowest BCUT2D eigenvalue weighted by molar-refractivity contribution is -0.870. The Bertz CT molecular complexity index is 1900. The number of aromatic nitrogens is 4. The van der Waals surface area contributed by atoms with E-state index >= 15 is 0 Å². The number of piperidine rings is 1. The van der Waals surface area contributed by atoms with Gasteiger partial charge in [-0.2, -0.15) is 18.3 Å². The van der Waals surface area contributed by atoms with Crippen LogP contribution in [0, 0.1) is 13.5 Å². The largest absolute Gasteiger partial charge is 0.443 e. The van der Waals surface area contributed by atoms with E-state index in [9.17, 15) is 27.6 Å². The zero-order valence-electron chi connectivity index (χ0n) is 27.0. The molecule has 2 aromatic heterocycles. The van der Waals surface area contributed by atoms with Crippen LogP contribution in [0.15, 0.2) is 65.6 Å². The minimum Gasteiger partial charge on any atom is -0.443 e. The number of ether oxygens (including phenoxy) is 1. The van der Waals surface area contributed by atoms with Gasteiger partial charge in [-0.05, 0) is 56.2 Å². The van der Waals surface area contributed by atoms with Gasteiger partial charge in [0.2, 0.25) is 0 Å². The SMILES string of the molecule is [C-]#[N+]c1ccc(-n2nccc2-c2c(C)n(-c3cccc(C(F)(F)F)c3)c(=O)n2C(=O)NC2CCN(C(=O)OCC[N+](C)(C)C)CC2)cc1. The van der Waals surface area contributed by atoms with Gasteiger partial charge in [0.1, 0.15) is 18.8 Å². The summed E-state index contributed by atoms with van der Waals surface area (Å²) in [4.78, 5) is 45.5. The van der Waals surface area contributed by atoms with Crippen LogP contribution in [0.5, 0.6) is 0 Å². The zero-order valence-corrected chi connectivity index (χ0v) is 27.0. The van der Waals surface area contributed by atoms with E-state index in [4.69, 9.17) is 11.3 Å². The third-order valence-corrected chi connectivity index (χ3v) is 8.10. The Balaban J connectivity index is 1.48. The number of alkyl halides is 3. The van der Waals surface area contributed by atoms with Crippen molar-refractivity contribution in [3.05, 3.63) is 94.0 Å². The maximum atomic E-state index is 14.0. The summed E-state index contributed by atoms with van der Waals surface area (Å²) >= 11 is 0. The molecule has 0 saturated carbocycles. The van der Waals surface area contributed by atoms with Gasteiger partial charge in [-0.15, -0.1) is 0 Å². The fraction of sp³-hybridized carbons (Fsp3) is 0.364. The second-order valence-corrected chi connectivity index (χ2v) is 12.5. The Morgan fingerprint density at radius 2 is 1.75 bits per heavy atom. The Kier molecular flexibility index (Phi) is 9.49. The van der Waals surface area contributed by atoms with Crippen LogP contribution < -0.4 is 11.0 Å². The fourth-order valence-electron chi connectivity index (χ4n) is 5.52. The number of rotatable bonds is 7. The minimum absolute atomic E-state index is 0.0651. The first kappa shape index (κ1) is 34.0. The summed E-state index contributed by atoms with van der Waals surface area (Å²) < 4.78 is 50.4. The first-order valence-corrected chi connectivity index (χ1v) is 15.3. The molecule has 0 radical (unpaired) electrons. The third-order valence-electron chi connectivity index (χ3n) is 8.10. The summed E-state index contributed by atoms with van der Waals surface area (Å²) in [7, 11) is 5.99. The number of halogens is 3. The Labute approximate surface area is 275 Å². The van der Waals surface area contributed by atoms with Crippen LogP contribution in [-0.2, 0) is 10.9 Å². The van der Waals surface area contributed by atoms with E-state index in [1.54, 1.807) is 42.2 Å². The molecule has 2 aromatic carbocycles. The predicted octanol–water partition coefficient (Wildman–Crippen LogP) is 5.23. The summed E-state index contributed by atoms with van der Waals surface area (Å²) in [6.45, 7) is 10.4. The molecule has 1 fully saturated rings. The van der Waals surface area contributed by atoms with Crippen molar-refractivity contribution in [1.82, 2.24) is 29.1 Å². The number of likely N-dealkylation sites (N-methyl/N-ethyl adjacent to an activating group) is 1. The van der Waals surface area contributed by atoms with Gasteiger partial charge >= 0.3 is 24.0 Å². The van der Waals surface area contributed by atoms with Crippen molar-refractivity contribution in [3.8, 4) is 22.8 Å². The highest BCUT2D eigenvalue weighted by molar-refractivity contribution is 5.83. The number of nitrogens with zero attached hydrogens (tertiary/aromatic N) is 7. The van der Waals surface area contributed by atoms with E-state index in [2.05, 4.69) is 15.3 Å². The molecule has 1 saturated heterocycles. The molecular weight excluding hydrogens is 629 g/mol. The number of nitrogens with one attached hydrogen (secondary N) is 1. The molecule has 2 amide bonds. The lowest BCUT2D eigenvalue weighted by atomic mass is 10.1. The highest BCUT2D eigenvalue weighted by Crippen LogP contribution is 2.32. The molecule has 0 unspecified atom stereocenters. The highest BCUT2D eigenvalue weighted by atomic mass is 19.4. The number of carbonyl (C=O) groups excluding carboxylic acids is 2. The van der Waals surface area contributed by atoms with E-state index in [-0.39, 0.29) is 23.7 Å². The van der Waals surface area contributed by atoms with Gasteiger partial charge in [-0.1, -0.05) is 18.2 Å². The molecule has 0 atom stereocenters. The van der Waals surface area contributed by atoms with E-state index in [1.807, 2.05) is 21.1 Å². The molecule has 0 aliphatic carbocycles. The van der Waals surface area contributed by atoms with E-state index < -0.39 is 35.6 Å². The van der Waals surface area contributed by atoms with Gasteiger partial charge < -0.3 is 19.4 Å². The number of imidazole rings is 1. The maximum absolute atomic E-state index is 14.0. The van der Waals surface area contributed by atoms with Crippen LogP contribution in [0.25, 0.3) is 27.6 Å². The third kappa shape index (κ3) is 7.28. The minimum atomic E-state index is -4.65. The summed E-state index contributed by atoms with van der Waals surface area (Å²) in [5, 5.41) is 7.27. The average Bonchev–Trinajstić information content (AvgIpc) is 3.62. The Morgan fingerprint density at radius 3 is 2.38 bits per heavy atom. The number of quaternary nitrogens is 1. The molecule has 0 bridgehead atoms. The van der Waals surface area contributed by atoms with Crippen LogP contribution in [0.1, 0.15) is 24.1 Å². The van der Waals surface area contributed by atoms with E-state index in [0.29, 0.717) is 54.0 Å². The van der Waals surface area contributed by atoms with Gasteiger partial charge in [-0.25, -0.2) is 28.5 Å². The van der Waals surface area contributed by atoms with Crippen LogP contribution in [0.2, 0.25) is 0 Å². The van der Waals surface area contributed by atoms with Crippen molar-refractivity contribution < 1.29 is 32.0 Å². The molecular formula is C33H36F3N8O4+. The summed E-state index contributed by atoms with van der Waals surface area (Å²) in [6.07, 6.45) is -2.81. The number of carbonyl (C=O) groups is 2. The van der Waals surface area contributed by atoms with Crippen molar-refractivity contribution in [2.45, 2.75) is 32.0 Å². The molecule has 1 N–H and O–H groups in total. The summed E-state index contributed by atoms with van der Waals surface area (Å²) in [6, 6.07) is 11.3. The molecule has 5 rings (SSSR count). The van der Waals surface area contributed by atoms with Crippen LogP contribution in [0.3, 0.4) is 0 Å². The standard InChI is InChI=1S/C33H35F3N8O4/c1-22-29(28-13-16-38-43(28)26-11-9-24(37-2)10-12-26)42(31(46)41(22)27-8-6-7-23(21-27)33(34,35)36)30(45)39-25-14-17-40(18-15-25)32(47)48-20-19-44(3,4)5/h6-13,16,21,25H,14-15,17-20H2,1,3-5H3/p+1. The van der Waals surface area contributed by atoms with E-state index in [0.717, 1.165) is 21.3 Å². The quantitative estimate of drug-likeness (QED) is 0.215. The first-order valence-electron chi connectivity index (χ1n) is 15.3. The Morgan fingerprint density at radius 1 is 1.06 bits per heavy atom. The summed E-state index contributed by atoms with van der Waals surface area (Å²) in [5.41, 5.74) is -0.281. The number of hydrogen-bond donors (Lipinski definition) is 1. The van der Waals surface area contributed by atoms with Gasteiger partial charge in [0, 0.05) is 19.1 Å². The lowest BCUT2D eigenvalue weighted by Crippen LogP contribution is -2.49. The topological polar surface area (TPSA) is 108 Å². The van der Waals surface area contributed by atoms with Gasteiger partial charge in [0.25, 0.3) is 0 Å². The molecule has 1 aliphatic rings. The highest BCUT2D eigenvalue weighted by Gasteiger charge is 2.33. The van der Waals surface area contributed by atoms with Crippen molar-refractivity contribution in [1.29, 1.82) is 0 Å². The van der Waals surface area contributed by atoms with Crippen LogP contribution in [0.4, 0.5) is 28.4 Å². The lowest BCUT2D eigenvalue weighted by Gasteiger charge is -2.32. The molecule has 1 aliphatic heterocycles. The molecule has 3 heterocycles. The van der Waals surface area contributed by atoms with Crippen LogP contribution in [-0.4, -0.2) is 93.8 Å². The summed E-state index contributed by atoms with van der Waals surface area (Å²) in [5.74, 6) is 0. The molecule has 0 spiro atoms. The molecule has 4 aromatic rings. The van der Waals surface area contributed by atoms with Gasteiger partial charge in [0.05, 0.1) is 62.2 Å². The second kappa shape index (κ2) is 13.4. The Hall–Kier alpha value is -5.36. The zero-order chi connectivity index (χ0) is 34.8. The smallest absolute Gasteiger partial charge is 0.416 e. The normalized spacial score (nSPS) is 14.1. The predicted molar refractivity (Wildman–Crippen MR) is 171 cm³/mol. The maximum Gasteiger partial charge on any atom is 0.416 e. The molecule has 48 heavy (non-hydrogen) atoms. The van der Waals surface area contributed by atoms with Crippen molar-refractivity contribution in [3.63, 3.8) is 0 Å². The second-order valence-electron chi connectivity index (χ2n) is 12.5. The average molecular weight is 666 g/mol. The van der Waals surface area contributed by atoms with E-state index in [1.165, 1.54) is 23.0 Å². The van der Waals surface area contributed by atoms with Crippen molar-refractivity contribution >= 4 is 17.8 Å². The first-order chi connectivity index (χ1) is 22.7. The molecule has 15 heteroatoms. The van der Waals surface area contributed by atoms with Crippen molar-refractivity contribution in [2.75, 3.05) is 47.4 Å². The molecule has 12 nitrogen and oxygen atoms in total.